The maximum Gasteiger partial charge on any atom is 0.278 e. The fraction of sp³-hybridized carbons (Fsp3) is 0.500. The predicted octanol–water partition coefficient (Wildman–Crippen LogP) is 2.52. The van der Waals surface area contributed by atoms with E-state index in [2.05, 4.69) is 12.0 Å². The van der Waals surface area contributed by atoms with E-state index in [1.54, 1.807) is 18.0 Å². The third-order valence-corrected chi connectivity index (χ3v) is 4.96. The van der Waals surface area contributed by atoms with Crippen LogP contribution in [0.3, 0.4) is 0 Å². The first kappa shape index (κ1) is 22.2. The van der Waals surface area contributed by atoms with Gasteiger partial charge in [-0.2, -0.15) is 5.10 Å². The molecule has 2 N–H and O–H groups in total. The van der Waals surface area contributed by atoms with Gasteiger partial charge in [-0.3, -0.25) is 4.79 Å². The zero-order valence-electron chi connectivity index (χ0n) is 16.4. The summed E-state index contributed by atoms with van der Waals surface area (Å²) in [5.41, 5.74) is 7.13. The number of likely N-dealkylation sites (tertiary alicyclic amines) is 1. The van der Waals surface area contributed by atoms with Crippen molar-refractivity contribution in [2.75, 3.05) is 33.4 Å². The molecular weight excluding hydrogens is 380 g/mol. The number of hydrogen-bond donors (Lipinski definition) is 1. The highest BCUT2D eigenvalue weighted by atomic mass is 35.5. The number of methoxy groups -OCH3 is 1. The second-order valence-corrected chi connectivity index (χ2v) is 6.98. The van der Waals surface area contributed by atoms with Gasteiger partial charge in [0.25, 0.3) is 5.91 Å². The van der Waals surface area contributed by atoms with Gasteiger partial charge < -0.3 is 20.1 Å². The SMILES string of the molecule is COCCOc1cn(-c2ccccc2)nc1C(=O)N1CCC(C)CC1CN.Cl. The van der Waals surface area contributed by atoms with Crippen LogP contribution in [-0.2, 0) is 4.74 Å². The second-order valence-electron chi connectivity index (χ2n) is 6.98. The zero-order valence-corrected chi connectivity index (χ0v) is 17.2. The summed E-state index contributed by atoms with van der Waals surface area (Å²) < 4.78 is 12.5. The summed E-state index contributed by atoms with van der Waals surface area (Å²) in [6.07, 6.45) is 3.64. The molecule has 1 fully saturated rings. The number of halogens is 1. The molecule has 0 radical (unpaired) electrons. The van der Waals surface area contributed by atoms with Crippen LogP contribution >= 0.6 is 12.4 Å². The molecule has 1 saturated heterocycles. The third kappa shape index (κ3) is 5.04. The Balaban J connectivity index is 0.00000280. The minimum absolute atomic E-state index is 0. The lowest BCUT2D eigenvalue weighted by Crippen LogP contribution is -2.49. The van der Waals surface area contributed by atoms with Crippen molar-refractivity contribution in [3.8, 4) is 11.4 Å². The highest BCUT2D eigenvalue weighted by Crippen LogP contribution is 2.27. The van der Waals surface area contributed by atoms with E-state index in [0.717, 1.165) is 18.5 Å². The molecule has 1 amide bonds. The van der Waals surface area contributed by atoms with Gasteiger partial charge in [0, 0.05) is 26.2 Å². The number of ether oxygens (including phenoxy) is 2. The van der Waals surface area contributed by atoms with Gasteiger partial charge in [0.1, 0.15) is 6.61 Å². The lowest BCUT2D eigenvalue weighted by molar-refractivity contribution is 0.0561. The van der Waals surface area contributed by atoms with Crippen molar-refractivity contribution in [1.29, 1.82) is 0 Å². The van der Waals surface area contributed by atoms with Crippen LogP contribution in [0.15, 0.2) is 36.5 Å². The third-order valence-electron chi connectivity index (χ3n) is 4.96. The number of nitrogens with zero attached hydrogens (tertiary/aromatic N) is 3. The van der Waals surface area contributed by atoms with Gasteiger partial charge in [0.15, 0.2) is 11.4 Å². The van der Waals surface area contributed by atoms with Gasteiger partial charge >= 0.3 is 0 Å². The molecular formula is C20H29ClN4O3. The van der Waals surface area contributed by atoms with Crippen molar-refractivity contribution in [3.63, 3.8) is 0 Å². The molecule has 8 heteroatoms. The van der Waals surface area contributed by atoms with E-state index in [4.69, 9.17) is 15.2 Å². The molecule has 0 saturated carbocycles. The minimum Gasteiger partial charge on any atom is -0.487 e. The average molecular weight is 409 g/mol. The highest BCUT2D eigenvalue weighted by Gasteiger charge is 2.32. The monoisotopic (exact) mass is 408 g/mol. The topological polar surface area (TPSA) is 82.6 Å². The first-order valence-corrected chi connectivity index (χ1v) is 9.42. The number of hydrogen-bond acceptors (Lipinski definition) is 5. The van der Waals surface area contributed by atoms with Crippen LogP contribution in [0.4, 0.5) is 0 Å². The quantitative estimate of drug-likeness (QED) is 0.712. The lowest BCUT2D eigenvalue weighted by atomic mass is 9.92. The fourth-order valence-corrected chi connectivity index (χ4v) is 3.44. The maximum absolute atomic E-state index is 13.3. The predicted molar refractivity (Wildman–Crippen MR) is 110 cm³/mol. The van der Waals surface area contributed by atoms with Crippen LogP contribution in [0.5, 0.6) is 5.75 Å². The number of rotatable bonds is 7. The number of nitrogens with two attached hydrogens (primary N) is 1. The largest absolute Gasteiger partial charge is 0.487 e. The molecule has 2 atom stereocenters. The van der Waals surface area contributed by atoms with E-state index in [0.29, 0.717) is 43.7 Å². The van der Waals surface area contributed by atoms with E-state index in [9.17, 15) is 4.79 Å². The highest BCUT2D eigenvalue weighted by molar-refractivity contribution is 5.95. The van der Waals surface area contributed by atoms with E-state index >= 15 is 0 Å². The Morgan fingerprint density at radius 3 is 2.71 bits per heavy atom. The van der Waals surface area contributed by atoms with Crippen molar-refractivity contribution in [2.45, 2.75) is 25.8 Å². The standard InChI is InChI=1S/C20H28N4O3.ClH/c1-15-8-9-23(17(12-15)13-21)20(25)19-18(27-11-10-26-2)14-24(22-19)16-6-4-3-5-7-16;/h3-7,14-15,17H,8-13,21H2,1-2H3;1H. The molecule has 0 aliphatic carbocycles. The van der Waals surface area contributed by atoms with Crippen LogP contribution < -0.4 is 10.5 Å². The van der Waals surface area contributed by atoms with Crippen molar-refractivity contribution in [3.05, 3.63) is 42.2 Å². The van der Waals surface area contributed by atoms with Crippen molar-refractivity contribution in [1.82, 2.24) is 14.7 Å². The van der Waals surface area contributed by atoms with Gasteiger partial charge in [-0.05, 0) is 30.9 Å². The first-order chi connectivity index (χ1) is 13.1. The number of aromatic nitrogens is 2. The molecule has 154 valence electrons. The fourth-order valence-electron chi connectivity index (χ4n) is 3.44. The Kier molecular flexibility index (Phi) is 8.29. The number of para-hydroxylation sites is 1. The molecule has 28 heavy (non-hydrogen) atoms. The maximum atomic E-state index is 13.3. The molecule has 1 aromatic carbocycles. The van der Waals surface area contributed by atoms with E-state index < -0.39 is 0 Å². The molecule has 3 rings (SSSR count). The summed E-state index contributed by atoms with van der Waals surface area (Å²) >= 11 is 0. The molecule has 1 aliphatic rings. The van der Waals surface area contributed by atoms with Gasteiger partial charge in [-0.15, -0.1) is 12.4 Å². The number of carbonyl (C=O) groups excluding carboxylic acids is 1. The summed E-state index contributed by atoms with van der Waals surface area (Å²) in [7, 11) is 1.61. The molecule has 7 nitrogen and oxygen atoms in total. The van der Waals surface area contributed by atoms with E-state index in [1.165, 1.54) is 0 Å². The van der Waals surface area contributed by atoms with Crippen LogP contribution in [-0.4, -0.2) is 60.0 Å². The van der Waals surface area contributed by atoms with E-state index in [-0.39, 0.29) is 24.4 Å². The van der Waals surface area contributed by atoms with Gasteiger partial charge in [0.05, 0.1) is 18.5 Å². The Bertz CT molecular complexity index is 753. The van der Waals surface area contributed by atoms with Gasteiger partial charge in [-0.25, -0.2) is 4.68 Å². The molecule has 0 bridgehead atoms. The summed E-state index contributed by atoms with van der Waals surface area (Å²) in [5, 5.41) is 4.54. The number of piperidine rings is 1. The Morgan fingerprint density at radius 2 is 2.04 bits per heavy atom. The molecule has 2 heterocycles. The molecule has 0 spiro atoms. The zero-order chi connectivity index (χ0) is 19.2. The summed E-state index contributed by atoms with van der Waals surface area (Å²) in [4.78, 5) is 15.1. The molecule has 1 aromatic heterocycles. The van der Waals surface area contributed by atoms with E-state index in [1.807, 2.05) is 35.2 Å². The normalized spacial score (nSPS) is 19.2. The van der Waals surface area contributed by atoms with Gasteiger partial charge in [0.2, 0.25) is 0 Å². The smallest absolute Gasteiger partial charge is 0.278 e. The first-order valence-electron chi connectivity index (χ1n) is 9.42. The molecule has 2 aromatic rings. The van der Waals surface area contributed by atoms with Crippen LogP contribution in [0.2, 0.25) is 0 Å². The number of carbonyl (C=O) groups is 1. The van der Waals surface area contributed by atoms with Crippen LogP contribution in [0, 0.1) is 5.92 Å². The van der Waals surface area contributed by atoms with Crippen LogP contribution in [0.25, 0.3) is 5.69 Å². The van der Waals surface area contributed by atoms with Crippen molar-refractivity contribution in [2.24, 2.45) is 11.7 Å². The second kappa shape index (κ2) is 10.5. The number of benzene rings is 1. The Morgan fingerprint density at radius 1 is 1.29 bits per heavy atom. The summed E-state index contributed by atoms with van der Waals surface area (Å²) in [5.74, 6) is 0.914. The lowest BCUT2D eigenvalue weighted by Gasteiger charge is -2.37. The Labute approximate surface area is 172 Å². The summed E-state index contributed by atoms with van der Waals surface area (Å²) in [6.45, 7) is 4.15. The molecule has 2 unspecified atom stereocenters. The molecule has 1 aliphatic heterocycles. The van der Waals surface area contributed by atoms with Crippen LogP contribution in [0.1, 0.15) is 30.3 Å². The van der Waals surface area contributed by atoms with Gasteiger partial charge in [-0.1, -0.05) is 25.1 Å². The number of amides is 1. The minimum atomic E-state index is -0.126. The van der Waals surface area contributed by atoms with Crippen molar-refractivity contribution < 1.29 is 14.3 Å². The average Bonchev–Trinajstić information content (AvgIpc) is 3.12. The van der Waals surface area contributed by atoms with Crippen molar-refractivity contribution >= 4 is 18.3 Å². The summed E-state index contributed by atoms with van der Waals surface area (Å²) in [6, 6.07) is 9.71. The Hall–Kier alpha value is -2.09.